The predicted molar refractivity (Wildman–Crippen MR) is 133 cm³/mol. The Morgan fingerprint density at radius 2 is 1.97 bits per heavy atom. The van der Waals surface area contributed by atoms with E-state index in [-0.39, 0.29) is 34.9 Å². The number of benzene rings is 1. The molecule has 0 radical (unpaired) electrons. The number of aromatic nitrogens is 1. The summed E-state index contributed by atoms with van der Waals surface area (Å²) >= 11 is 6.70. The van der Waals surface area contributed by atoms with Gasteiger partial charge in [0, 0.05) is 51.0 Å². The van der Waals surface area contributed by atoms with Crippen LogP contribution in [-0.4, -0.2) is 29.3 Å². The van der Waals surface area contributed by atoms with Crippen LogP contribution in [0.15, 0.2) is 33.7 Å². The first kappa shape index (κ1) is 26.1. The van der Waals surface area contributed by atoms with E-state index >= 15 is 0 Å². The van der Waals surface area contributed by atoms with Gasteiger partial charge in [0.2, 0.25) is 0 Å². The quantitative estimate of drug-likeness (QED) is 0.184. The van der Waals surface area contributed by atoms with Gasteiger partial charge < -0.3 is 10.6 Å². The zero-order valence-electron chi connectivity index (χ0n) is 18.9. The van der Waals surface area contributed by atoms with E-state index in [1.165, 1.54) is 12.1 Å². The van der Waals surface area contributed by atoms with Crippen molar-refractivity contribution >= 4 is 49.3 Å². The number of carbonyl (C=O) groups excluding carboxylic acids is 1. The summed E-state index contributed by atoms with van der Waals surface area (Å²) in [5.74, 6) is -1.32. The van der Waals surface area contributed by atoms with Gasteiger partial charge in [0.05, 0.1) is 5.69 Å². The molecule has 2 atom stereocenters. The molecule has 1 aromatic heterocycles. The summed E-state index contributed by atoms with van der Waals surface area (Å²) < 4.78 is 54.4. The number of halogens is 6. The molecule has 2 N–H and O–H groups in total. The molecule has 1 saturated heterocycles. The molecular weight excluding hydrogens is 596 g/mol. The van der Waals surface area contributed by atoms with Crippen molar-refractivity contribution in [2.24, 2.45) is 16.6 Å². The third-order valence-electron chi connectivity index (χ3n) is 6.49. The Hall–Kier alpha value is -2.01. The van der Waals surface area contributed by atoms with Crippen LogP contribution in [0.25, 0.3) is 0 Å². The highest BCUT2D eigenvalue weighted by Gasteiger charge is 2.37. The van der Waals surface area contributed by atoms with E-state index in [2.05, 4.69) is 46.7 Å². The molecule has 1 amide bonds. The highest BCUT2D eigenvalue weighted by molar-refractivity contribution is 9.10. The van der Waals surface area contributed by atoms with Gasteiger partial charge in [0.25, 0.3) is 5.91 Å². The summed E-state index contributed by atoms with van der Waals surface area (Å²) in [6.45, 7) is 2.49. The number of hydrogen-bond acceptors (Lipinski definition) is 3. The van der Waals surface area contributed by atoms with Crippen molar-refractivity contribution in [3.8, 4) is 0 Å². The van der Waals surface area contributed by atoms with Crippen LogP contribution in [0.1, 0.15) is 61.0 Å². The van der Waals surface area contributed by atoms with Gasteiger partial charge in [0.15, 0.2) is 0 Å². The van der Waals surface area contributed by atoms with Gasteiger partial charge in [-0.1, -0.05) is 31.9 Å². The minimum absolute atomic E-state index is 0.0598. The SMILES string of the molecule is CC1CC(C(=O)N=C(N)c2ccc(C(F)(F)F)nc2C2CC2)CCN1c1cc(Br)cc(F)c1CBr. The monoisotopic (exact) mass is 618 g/mol. The zero-order valence-corrected chi connectivity index (χ0v) is 22.1. The van der Waals surface area contributed by atoms with Crippen LogP contribution in [0.5, 0.6) is 0 Å². The maximum Gasteiger partial charge on any atom is 0.433 e. The topological polar surface area (TPSA) is 71.6 Å². The summed E-state index contributed by atoms with van der Waals surface area (Å²) in [5.41, 5.74) is 6.97. The summed E-state index contributed by atoms with van der Waals surface area (Å²) in [4.78, 5) is 22.9. The summed E-state index contributed by atoms with van der Waals surface area (Å²) in [6.07, 6.45) is -2.11. The van der Waals surface area contributed by atoms with Crippen molar-refractivity contribution in [3.05, 3.63) is 57.1 Å². The van der Waals surface area contributed by atoms with E-state index < -0.39 is 23.7 Å². The third kappa shape index (κ3) is 5.71. The first-order chi connectivity index (χ1) is 16.5. The van der Waals surface area contributed by atoms with Crippen LogP contribution < -0.4 is 10.6 Å². The number of pyridine rings is 1. The van der Waals surface area contributed by atoms with Crippen LogP contribution in [0, 0.1) is 11.7 Å². The number of piperidine rings is 1. The Morgan fingerprint density at radius 3 is 2.57 bits per heavy atom. The molecule has 1 aromatic carbocycles. The smallest absolute Gasteiger partial charge is 0.383 e. The molecule has 2 aliphatic rings. The van der Waals surface area contributed by atoms with Gasteiger partial charge in [0.1, 0.15) is 17.3 Å². The van der Waals surface area contributed by atoms with Gasteiger partial charge in [-0.2, -0.15) is 18.2 Å². The van der Waals surface area contributed by atoms with Crippen molar-refractivity contribution in [1.29, 1.82) is 0 Å². The number of carbonyl (C=O) groups is 1. The predicted octanol–water partition coefficient (Wildman–Crippen LogP) is 6.31. The molecule has 4 rings (SSSR count). The second-order valence-electron chi connectivity index (χ2n) is 9.02. The maximum absolute atomic E-state index is 14.4. The highest BCUT2D eigenvalue weighted by Crippen LogP contribution is 2.42. The summed E-state index contributed by atoms with van der Waals surface area (Å²) in [5, 5.41) is 0.359. The van der Waals surface area contributed by atoms with E-state index in [0.717, 1.165) is 24.6 Å². The Morgan fingerprint density at radius 1 is 1.26 bits per heavy atom. The van der Waals surface area contributed by atoms with Crippen molar-refractivity contribution in [2.45, 2.75) is 56.1 Å². The molecule has 11 heteroatoms. The van der Waals surface area contributed by atoms with E-state index in [0.29, 0.717) is 34.8 Å². The van der Waals surface area contributed by atoms with Crippen molar-refractivity contribution in [2.75, 3.05) is 11.4 Å². The number of anilines is 1. The van der Waals surface area contributed by atoms with Crippen LogP contribution >= 0.6 is 31.9 Å². The Kier molecular flexibility index (Phi) is 7.57. The Bertz CT molecular complexity index is 1170. The number of hydrogen-bond donors (Lipinski definition) is 1. The molecule has 1 aliphatic carbocycles. The number of amides is 1. The number of aliphatic imine (C=N–C) groups is 1. The zero-order chi connectivity index (χ0) is 25.5. The number of alkyl halides is 4. The average molecular weight is 620 g/mol. The fourth-order valence-electron chi connectivity index (χ4n) is 4.52. The van der Waals surface area contributed by atoms with E-state index in [4.69, 9.17) is 5.73 Å². The highest BCUT2D eigenvalue weighted by atomic mass is 79.9. The molecule has 35 heavy (non-hydrogen) atoms. The summed E-state index contributed by atoms with van der Waals surface area (Å²) in [7, 11) is 0. The average Bonchev–Trinajstić information content (AvgIpc) is 3.63. The van der Waals surface area contributed by atoms with Crippen molar-refractivity contribution in [3.63, 3.8) is 0 Å². The van der Waals surface area contributed by atoms with Gasteiger partial charge in [-0.15, -0.1) is 0 Å². The molecule has 2 fully saturated rings. The first-order valence-electron chi connectivity index (χ1n) is 11.3. The molecule has 2 unspecified atom stereocenters. The van der Waals surface area contributed by atoms with Crippen LogP contribution in [-0.2, 0) is 16.3 Å². The minimum atomic E-state index is -4.56. The maximum atomic E-state index is 14.4. The molecule has 2 heterocycles. The fourth-order valence-corrected chi connectivity index (χ4v) is 5.49. The van der Waals surface area contributed by atoms with Gasteiger partial charge in [-0.25, -0.2) is 9.37 Å². The first-order valence-corrected chi connectivity index (χ1v) is 13.2. The fraction of sp³-hybridized carbons (Fsp3) is 0.458. The molecule has 188 valence electrons. The lowest BCUT2D eigenvalue weighted by molar-refractivity contribution is -0.141. The van der Waals surface area contributed by atoms with Crippen LogP contribution in [0.3, 0.4) is 0 Å². The van der Waals surface area contributed by atoms with Crippen LogP contribution in [0.2, 0.25) is 0 Å². The molecule has 1 saturated carbocycles. The lowest BCUT2D eigenvalue weighted by Crippen LogP contribution is -2.43. The molecule has 0 bridgehead atoms. The molecule has 0 spiro atoms. The number of amidine groups is 1. The molecule has 5 nitrogen and oxygen atoms in total. The lowest BCUT2D eigenvalue weighted by Gasteiger charge is -2.39. The lowest BCUT2D eigenvalue weighted by atomic mass is 9.90. The minimum Gasteiger partial charge on any atom is -0.383 e. The second-order valence-corrected chi connectivity index (χ2v) is 10.5. The third-order valence-corrected chi connectivity index (χ3v) is 7.51. The number of nitrogens with zero attached hydrogens (tertiary/aromatic N) is 3. The summed E-state index contributed by atoms with van der Waals surface area (Å²) in [6, 6.07) is 5.35. The molecule has 1 aliphatic heterocycles. The van der Waals surface area contributed by atoms with Crippen molar-refractivity contribution < 1.29 is 22.4 Å². The largest absolute Gasteiger partial charge is 0.433 e. The van der Waals surface area contributed by atoms with Gasteiger partial charge >= 0.3 is 6.18 Å². The van der Waals surface area contributed by atoms with E-state index in [9.17, 15) is 22.4 Å². The van der Waals surface area contributed by atoms with Crippen LogP contribution in [0.4, 0.5) is 23.2 Å². The van der Waals surface area contributed by atoms with E-state index in [1.54, 1.807) is 0 Å². The van der Waals surface area contributed by atoms with E-state index in [1.807, 2.05) is 13.0 Å². The number of rotatable bonds is 5. The van der Waals surface area contributed by atoms with Crippen molar-refractivity contribution in [1.82, 2.24) is 4.98 Å². The Labute approximate surface area is 217 Å². The second kappa shape index (κ2) is 10.2. The molecule has 2 aromatic rings. The normalized spacial score (nSPS) is 21.3. The van der Waals surface area contributed by atoms with Gasteiger partial charge in [-0.05, 0) is 56.9 Å². The Balaban J connectivity index is 1.52. The number of nitrogens with two attached hydrogens (primary N) is 1. The molecular formula is C24H24Br2F4N4O. The van der Waals surface area contributed by atoms with Gasteiger partial charge in [-0.3, -0.25) is 4.79 Å². The standard InChI is InChI=1S/C24H24Br2F4N4O/c1-12-8-14(6-7-34(12)19-10-15(26)9-18(27)17(19)11-25)23(35)33-22(31)16-4-5-20(24(28,29)30)32-21(16)13-2-3-13/h4-5,9-10,12-14H,2-3,6-8,11H2,1H3,(H2,31,33,35).